The highest BCUT2D eigenvalue weighted by atomic mass is 32.2. The number of nitrogens with one attached hydrogen (secondary N) is 4. The van der Waals surface area contributed by atoms with Crippen LogP contribution in [-0.4, -0.2) is 79.3 Å². The van der Waals surface area contributed by atoms with E-state index in [0.717, 1.165) is 19.3 Å². The van der Waals surface area contributed by atoms with Crippen LogP contribution in [0.25, 0.3) is 0 Å². The van der Waals surface area contributed by atoms with Gasteiger partial charge in [0.05, 0.1) is 23.6 Å². The van der Waals surface area contributed by atoms with Gasteiger partial charge in [0.25, 0.3) is 11.8 Å². The SMILES string of the molecule is C#CCCC(NC(=O)C1=CC(CC)CN1C(=O)[C@@H](NC(=O)NC1(CS(=O)(=O)Cc2ccco2)CCCCC1)C(C)(C)C)C(=O)C(=O)NCCC. The number of nitrogens with zero attached hydrogens (tertiary/aromatic N) is 1. The van der Waals surface area contributed by atoms with Gasteiger partial charge in [-0.2, -0.15) is 0 Å². The first kappa shape index (κ1) is 40.3. The van der Waals surface area contributed by atoms with E-state index in [1.54, 1.807) is 39.0 Å². The van der Waals surface area contributed by atoms with Gasteiger partial charge < -0.3 is 30.6 Å². The summed E-state index contributed by atoms with van der Waals surface area (Å²) in [6, 6.07) is 0.205. The summed E-state index contributed by atoms with van der Waals surface area (Å²) in [6.07, 6.45) is 13.2. The van der Waals surface area contributed by atoms with Gasteiger partial charge >= 0.3 is 6.03 Å². The van der Waals surface area contributed by atoms with Gasteiger partial charge in [-0.05, 0) is 55.6 Å². The van der Waals surface area contributed by atoms with Crippen molar-refractivity contribution in [2.75, 3.05) is 18.8 Å². The second-order valence-electron chi connectivity index (χ2n) is 14.4. The molecule has 1 aromatic heterocycles. The molecule has 0 bridgehead atoms. The standard InChI is InChI=1S/C36H53N5O8S/c1-7-10-16-27(29(42)32(44)37-19-8-2)38-31(43)28-21-25(9-3)22-41(28)33(45)30(35(4,5)6)39-34(46)40-36(17-12-11-13-18-36)24-50(47,48)23-26-15-14-20-49-26/h1,14-15,20-21,25,27,30H,8-13,16-19,22-24H2,2-6H3,(H,37,44)(H,38,43)(H2,39,40,46)/t25?,27?,30-/m1/s1. The van der Waals surface area contributed by atoms with Crippen LogP contribution in [0.4, 0.5) is 4.79 Å². The van der Waals surface area contributed by atoms with E-state index < -0.39 is 62.4 Å². The molecule has 5 amide bonds. The number of urea groups is 1. The van der Waals surface area contributed by atoms with Crippen molar-refractivity contribution in [2.24, 2.45) is 11.3 Å². The summed E-state index contributed by atoms with van der Waals surface area (Å²) in [7, 11) is -3.68. The molecule has 0 saturated heterocycles. The summed E-state index contributed by atoms with van der Waals surface area (Å²) in [5, 5.41) is 10.9. The highest BCUT2D eigenvalue weighted by Crippen LogP contribution is 2.32. The fourth-order valence-electron chi connectivity index (χ4n) is 6.40. The third-order valence-electron chi connectivity index (χ3n) is 9.10. The summed E-state index contributed by atoms with van der Waals surface area (Å²) in [4.78, 5) is 68.5. The Hall–Kier alpha value is -4.12. The Labute approximate surface area is 296 Å². The Morgan fingerprint density at radius 1 is 1.10 bits per heavy atom. The van der Waals surface area contributed by atoms with Crippen LogP contribution >= 0.6 is 0 Å². The molecule has 0 aromatic carbocycles. The van der Waals surface area contributed by atoms with Crippen LogP contribution in [0.5, 0.6) is 0 Å². The molecule has 1 aromatic rings. The lowest BCUT2D eigenvalue weighted by Crippen LogP contribution is -2.62. The zero-order chi connectivity index (χ0) is 37.1. The van der Waals surface area contributed by atoms with Crippen LogP contribution in [0.3, 0.4) is 0 Å². The third-order valence-corrected chi connectivity index (χ3v) is 10.8. The van der Waals surface area contributed by atoms with E-state index in [2.05, 4.69) is 27.2 Å². The lowest BCUT2D eigenvalue weighted by atomic mass is 9.83. The van der Waals surface area contributed by atoms with Crippen molar-refractivity contribution in [3.05, 3.63) is 35.9 Å². The molecule has 13 nitrogen and oxygen atoms in total. The Morgan fingerprint density at radius 2 is 1.80 bits per heavy atom. The van der Waals surface area contributed by atoms with Crippen molar-refractivity contribution in [3.8, 4) is 12.3 Å². The number of carbonyl (C=O) groups excluding carboxylic acids is 5. The van der Waals surface area contributed by atoms with Gasteiger partial charge in [-0.15, -0.1) is 12.3 Å². The lowest BCUT2D eigenvalue weighted by Gasteiger charge is -2.39. The number of ketones is 1. The minimum Gasteiger partial charge on any atom is -0.468 e. The van der Waals surface area contributed by atoms with Crippen molar-refractivity contribution in [2.45, 2.75) is 116 Å². The lowest BCUT2D eigenvalue weighted by molar-refractivity contribution is -0.140. The van der Waals surface area contributed by atoms with Crippen LogP contribution < -0.4 is 21.3 Å². The van der Waals surface area contributed by atoms with E-state index in [4.69, 9.17) is 10.8 Å². The van der Waals surface area contributed by atoms with Crippen LogP contribution in [0.15, 0.2) is 34.6 Å². The van der Waals surface area contributed by atoms with Gasteiger partial charge in [-0.3, -0.25) is 19.2 Å². The maximum Gasteiger partial charge on any atom is 0.315 e. The van der Waals surface area contributed by atoms with E-state index >= 15 is 0 Å². The molecule has 1 fully saturated rings. The van der Waals surface area contributed by atoms with Crippen molar-refractivity contribution in [1.29, 1.82) is 0 Å². The molecule has 276 valence electrons. The average molecular weight is 716 g/mol. The molecule has 0 radical (unpaired) electrons. The molecule has 14 heteroatoms. The van der Waals surface area contributed by atoms with Gasteiger partial charge in [0.15, 0.2) is 9.84 Å². The van der Waals surface area contributed by atoms with E-state index in [-0.39, 0.29) is 42.5 Å². The minimum absolute atomic E-state index is 0.0125. The zero-order valence-corrected chi connectivity index (χ0v) is 30.7. The maximum absolute atomic E-state index is 14.3. The van der Waals surface area contributed by atoms with Crippen LogP contribution in [0.2, 0.25) is 0 Å². The van der Waals surface area contributed by atoms with Gasteiger partial charge in [-0.1, -0.05) is 60.0 Å². The number of furan rings is 1. The zero-order valence-electron chi connectivity index (χ0n) is 29.9. The second kappa shape index (κ2) is 17.7. The fourth-order valence-corrected chi connectivity index (χ4v) is 8.30. The molecule has 2 unspecified atom stereocenters. The number of terminal acetylenes is 1. The molecule has 1 saturated carbocycles. The van der Waals surface area contributed by atoms with E-state index in [0.29, 0.717) is 38.0 Å². The van der Waals surface area contributed by atoms with E-state index in [1.807, 2.05) is 13.8 Å². The summed E-state index contributed by atoms with van der Waals surface area (Å²) >= 11 is 0. The molecule has 3 atom stereocenters. The molecule has 1 aliphatic heterocycles. The molecular formula is C36H53N5O8S. The number of carbonyl (C=O) groups is 5. The number of rotatable bonds is 16. The number of Topliss-reactive ketones (excluding diaryl/α,β-unsaturated/α-hetero) is 1. The smallest absolute Gasteiger partial charge is 0.315 e. The predicted molar refractivity (Wildman–Crippen MR) is 189 cm³/mol. The second-order valence-corrected chi connectivity index (χ2v) is 16.5. The van der Waals surface area contributed by atoms with Gasteiger partial charge in [0.2, 0.25) is 11.7 Å². The molecule has 2 aliphatic rings. The Bertz CT molecular complexity index is 1550. The number of sulfone groups is 1. The molecular weight excluding hydrogens is 662 g/mol. The number of hydrogen-bond acceptors (Lipinski definition) is 8. The molecule has 1 aliphatic carbocycles. The third kappa shape index (κ3) is 11.2. The highest BCUT2D eigenvalue weighted by molar-refractivity contribution is 7.90. The summed E-state index contributed by atoms with van der Waals surface area (Å²) < 4.78 is 31.8. The largest absolute Gasteiger partial charge is 0.468 e. The highest BCUT2D eigenvalue weighted by Gasteiger charge is 2.43. The minimum atomic E-state index is -3.68. The fraction of sp³-hybridized carbons (Fsp3) is 0.639. The Morgan fingerprint density at radius 3 is 2.38 bits per heavy atom. The van der Waals surface area contributed by atoms with Crippen molar-refractivity contribution < 1.29 is 36.8 Å². The monoisotopic (exact) mass is 715 g/mol. The van der Waals surface area contributed by atoms with E-state index in [1.165, 1.54) is 11.2 Å². The molecule has 0 spiro atoms. The topological polar surface area (TPSA) is 184 Å². The normalized spacial score (nSPS) is 18.6. The van der Waals surface area contributed by atoms with Crippen LogP contribution in [0, 0.1) is 23.7 Å². The van der Waals surface area contributed by atoms with Crippen molar-refractivity contribution >= 4 is 39.4 Å². The van der Waals surface area contributed by atoms with E-state index in [9.17, 15) is 32.4 Å². The summed E-state index contributed by atoms with van der Waals surface area (Å²) in [5.41, 5.74) is -1.85. The Kier molecular flexibility index (Phi) is 14.3. The molecule has 4 N–H and O–H groups in total. The van der Waals surface area contributed by atoms with Crippen LogP contribution in [-0.2, 0) is 34.8 Å². The van der Waals surface area contributed by atoms with Gasteiger partial charge in [0, 0.05) is 19.5 Å². The Balaban J connectivity index is 1.82. The predicted octanol–water partition coefficient (Wildman–Crippen LogP) is 3.36. The van der Waals surface area contributed by atoms with Crippen LogP contribution in [0.1, 0.15) is 98.2 Å². The first-order chi connectivity index (χ1) is 23.5. The number of amides is 5. The molecule has 2 heterocycles. The van der Waals surface area contributed by atoms with Crippen molar-refractivity contribution in [3.63, 3.8) is 0 Å². The summed E-state index contributed by atoms with van der Waals surface area (Å²) in [5.74, 6) is -0.932. The molecule has 3 rings (SSSR count). The summed E-state index contributed by atoms with van der Waals surface area (Å²) in [6.45, 7) is 9.56. The first-order valence-corrected chi connectivity index (χ1v) is 19.3. The maximum atomic E-state index is 14.3. The number of hydrogen-bond donors (Lipinski definition) is 4. The average Bonchev–Trinajstić information content (AvgIpc) is 3.73. The van der Waals surface area contributed by atoms with Gasteiger partial charge in [-0.25, -0.2) is 13.2 Å². The molecule has 50 heavy (non-hydrogen) atoms. The first-order valence-electron chi connectivity index (χ1n) is 17.5. The van der Waals surface area contributed by atoms with Crippen molar-refractivity contribution in [1.82, 2.24) is 26.2 Å². The quantitative estimate of drug-likeness (QED) is 0.148. The van der Waals surface area contributed by atoms with Gasteiger partial charge in [0.1, 0.15) is 23.3 Å².